The van der Waals surface area contributed by atoms with Crippen LogP contribution in [0.15, 0.2) is 33.6 Å². The van der Waals surface area contributed by atoms with E-state index in [1.807, 2.05) is 6.07 Å². The molecule has 1 fully saturated rings. The molecule has 8 heteroatoms. The van der Waals surface area contributed by atoms with Crippen molar-refractivity contribution in [1.82, 2.24) is 19.5 Å². The standard InChI is InChI=1S/C20H24N4O4/c1-12-7-16(21-28-12)11-22(3)20(27)19-15-8-14(9-23(10-15)13(2)25)17-5-4-6-18(26)24(17)19/h4-7,14-15,19H,8-11H2,1-3H3/t14-,15+,19-/m1/s1. The number of carbonyl (C=O) groups excluding carboxylic acids is 2. The van der Waals surface area contributed by atoms with E-state index in [2.05, 4.69) is 5.16 Å². The zero-order chi connectivity index (χ0) is 20.0. The van der Waals surface area contributed by atoms with E-state index in [0.29, 0.717) is 31.1 Å². The lowest BCUT2D eigenvalue weighted by Gasteiger charge is -2.46. The largest absolute Gasteiger partial charge is 0.361 e. The third-order valence-electron chi connectivity index (χ3n) is 5.80. The predicted octanol–water partition coefficient (Wildman–Crippen LogP) is 1.31. The minimum absolute atomic E-state index is 0.000876. The summed E-state index contributed by atoms with van der Waals surface area (Å²) in [4.78, 5) is 41.5. The summed E-state index contributed by atoms with van der Waals surface area (Å²) in [5.41, 5.74) is 1.32. The molecule has 8 nitrogen and oxygen atoms in total. The first-order valence-corrected chi connectivity index (χ1v) is 9.49. The average Bonchev–Trinajstić information content (AvgIpc) is 3.06. The number of piperidine rings is 1. The number of hydrogen-bond acceptors (Lipinski definition) is 5. The molecule has 1 saturated heterocycles. The zero-order valence-electron chi connectivity index (χ0n) is 16.3. The van der Waals surface area contributed by atoms with E-state index in [1.165, 1.54) is 6.07 Å². The van der Waals surface area contributed by atoms with E-state index >= 15 is 0 Å². The number of likely N-dealkylation sites (tertiary alicyclic amines) is 1. The van der Waals surface area contributed by atoms with Gasteiger partial charge in [-0.15, -0.1) is 0 Å². The first-order valence-electron chi connectivity index (χ1n) is 9.49. The molecule has 2 aromatic rings. The molecule has 28 heavy (non-hydrogen) atoms. The third-order valence-corrected chi connectivity index (χ3v) is 5.80. The molecule has 148 valence electrons. The Morgan fingerprint density at radius 1 is 1.32 bits per heavy atom. The maximum Gasteiger partial charge on any atom is 0.251 e. The van der Waals surface area contributed by atoms with Crippen LogP contribution in [0.4, 0.5) is 0 Å². The van der Waals surface area contributed by atoms with Crippen molar-refractivity contribution in [2.45, 2.75) is 38.8 Å². The Labute approximate surface area is 162 Å². The molecule has 0 aromatic carbocycles. The highest BCUT2D eigenvalue weighted by atomic mass is 16.5. The lowest BCUT2D eigenvalue weighted by Crippen LogP contribution is -2.54. The quantitative estimate of drug-likeness (QED) is 0.796. The summed E-state index contributed by atoms with van der Waals surface area (Å²) in [6, 6.07) is 6.28. The van der Waals surface area contributed by atoms with Gasteiger partial charge in [0.15, 0.2) is 0 Å². The second-order valence-corrected chi connectivity index (χ2v) is 7.84. The zero-order valence-corrected chi connectivity index (χ0v) is 16.3. The number of fused-ring (bicyclic) bond motifs is 4. The molecule has 0 spiro atoms. The molecule has 0 N–H and O–H groups in total. The number of nitrogens with zero attached hydrogens (tertiary/aromatic N) is 4. The highest BCUT2D eigenvalue weighted by molar-refractivity contribution is 5.81. The van der Waals surface area contributed by atoms with Gasteiger partial charge in [0.1, 0.15) is 17.5 Å². The van der Waals surface area contributed by atoms with Gasteiger partial charge in [-0.2, -0.15) is 0 Å². The molecule has 0 saturated carbocycles. The van der Waals surface area contributed by atoms with E-state index in [9.17, 15) is 14.4 Å². The van der Waals surface area contributed by atoms with Gasteiger partial charge in [0.2, 0.25) is 11.8 Å². The Kier molecular flexibility index (Phi) is 4.56. The van der Waals surface area contributed by atoms with Gasteiger partial charge in [-0.05, 0) is 19.4 Å². The van der Waals surface area contributed by atoms with Gasteiger partial charge in [0.05, 0.1) is 6.54 Å². The molecule has 2 aliphatic heterocycles. The Morgan fingerprint density at radius 3 is 2.79 bits per heavy atom. The fraction of sp³-hybridized carbons (Fsp3) is 0.500. The first kappa shape index (κ1) is 18.5. The summed E-state index contributed by atoms with van der Waals surface area (Å²) in [6.45, 7) is 4.73. The number of aryl methyl sites for hydroxylation is 1. The van der Waals surface area contributed by atoms with Crippen molar-refractivity contribution in [1.29, 1.82) is 0 Å². The first-order chi connectivity index (χ1) is 13.3. The van der Waals surface area contributed by atoms with Gasteiger partial charge in [-0.1, -0.05) is 11.2 Å². The topological polar surface area (TPSA) is 88.7 Å². The van der Waals surface area contributed by atoms with Gasteiger partial charge < -0.3 is 14.3 Å². The number of hydrogen-bond donors (Lipinski definition) is 0. The van der Waals surface area contributed by atoms with Crippen LogP contribution < -0.4 is 5.56 Å². The van der Waals surface area contributed by atoms with Crippen molar-refractivity contribution in [2.75, 3.05) is 20.1 Å². The van der Waals surface area contributed by atoms with Crippen molar-refractivity contribution in [3.63, 3.8) is 0 Å². The summed E-state index contributed by atoms with van der Waals surface area (Å²) < 4.78 is 6.73. The van der Waals surface area contributed by atoms with E-state index in [4.69, 9.17) is 4.52 Å². The molecule has 4 heterocycles. The predicted molar refractivity (Wildman–Crippen MR) is 101 cm³/mol. The van der Waals surface area contributed by atoms with Crippen LogP contribution in [0.5, 0.6) is 0 Å². The van der Waals surface area contributed by atoms with Gasteiger partial charge in [0, 0.05) is 56.7 Å². The molecule has 0 unspecified atom stereocenters. The number of carbonyl (C=O) groups is 2. The Hall–Kier alpha value is -2.90. The molecule has 0 radical (unpaired) electrons. The van der Waals surface area contributed by atoms with E-state index in [0.717, 1.165) is 12.1 Å². The average molecular weight is 384 g/mol. The molecule has 3 atom stereocenters. The summed E-state index contributed by atoms with van der Waals surface area (Å²) in [5, 5.41) is 3.95. The number of rotatable bonds is 3. The Balaban J connectivity index is 1.70. The minimum atomic E-state index is -0.625. The van der Waals surface area contributed by atoms with Crippen LogP contribution in [0.25, 0.3) is 0 Å². The van der Waals surface area contributed by atoms with Crippen molar-refractivity contribution < 1.29 is 14.1 Å². The SMILES string of the molecule is CC(=O)N1C[C@H]2C[C@@H](C1)[C@H](C(=O)N(C)Cc1cc(C)on1)n1c2cccc1=O. The van der Waals surface area contributed by atoms with Crippen molar-refractivity contribution in [2.24, 2.45) is 5.92 Å². The molecule has 2 amide bonds. The highest BCUT2D eigenvalue weighted by Gasteiger charge is 2.45. The second kappa shape index (κ2) is 6.92. The lowest BCUT2D eigenvalue weighted by molar-refractivity contribution is -0.141. The van der Waals surface area contributed by atoms with Crippen molar-refractivity contribution in [3.8, 4) is 0 Å². The van der Waals surface area contributed by atoms with Gasteiger partial charge in [-0.25, -0.2) is 0 Å². The second-order valence-electron chi connectivity index (χ2n) is 7.84. The molecule has 2 aliphatic rings. The summed E-state index contributed by atoms with van der Waals surface area (Å²) >= 11 is 0. The van der Waals surface area contributed by atoms with Crippen LogP contribution in [0.1, 0.15) is 42.5 Å². The highest BCUT2D eigenvalue weighted by Crippen LogP contribution is 2.41. The molecule has 2 aromatic heterocycles. The van der Waals surface area contributed by atoms with Crippen molar-refractivity contribution >= 4 is 11.8 Å². The van der Waals surface area contributed by atoms with E-state index < -0.39 is 6.04 Å². The third kappa shape index (κ3) is 3.12. The van der Waals surface area contributed by atoms with E-state index in [1.54, 1.807) is 47.4 Å². The van der Waals surface area contributed by atoms with Crippen LogP contribution in [-0.2, 0) is 16.1 Å². The maximum absolute atomic E-state index is 13.4. The monoisotopic (exact) mass is 384 g/mol. The Bertz CT molecular complexity index is 979. The van der Waals surface area contributed by atoms with Gasteiger partial charge >= 0.3 is 0 Å². The fourth-order valence-electron chi connectivity index (χ4n) is 4.55. The maximum atomic E-state index is 13.4. The molecular weight excluding hydrogens is 360 g/mol. The number of aromatic nitrogens is 2. The number of likely N-dealkylation sites (N-methyl/N-ethyl adjacent to an activating group) is 1. The lowest BCUT2D eigenvalue weighted by atomic mass is 9.78. The smallest absolute Gasteiger partial charge is 0.251 e. The van der Waals surface area contributed by atoms with E-state index in [-0.39, 0.29) is 29.2 Å². The normalized spacial score (nSPS) is 23.2. The fourth-order valence-corrected chi connectivity index (χ4v) is 4.55. The van der Waals surface area contributed by atoms with Gasteiger partial charge in [0.25, 0.3) is 5.56 Å². The molecule has 0 aliphatic carbocycles. The van der Waals surface area contributed by atoms with Gasteiger partial charge in [-0.3, -0.25) is 19.0 Å². The minimum Gasteiger partial charge on any atom is -0.361 e. The van der Waals surface area contributed by atoms with Crippen molar-refractivity contribution in [3.05, 3.63) is 51.8 Å². The van der Waals surface area contributed by atoms with Crippen LogP contribution >= 0.6 is 0 Å². The van der Waals surface area contributed by atoms with Crippen LogP contribution in [0, 0.1) is 12.8 Å². The summed E-state index contributed by atoms with van der Waals surface area (Å²) in [5.74, 6) is 0.513. The number of pyridine rings is 1. The Morgan fingerprint density at radius 2 is 2.11 bits per heavy atom. The van der Waals surface area contributed by atoms with Crippen LogP contribution in [0.3, 0.4) is 0 Å². The summed E-state index contributed by atoms with van der Waals surface area (Å²) in [7, 11) is 1.71. The van der Waals surface area contributed by atoms with Crippen LogP contribution in [-0.4, -0.2) is 51.5 Å². The molecule has 4 rings (SSSR count). The number of amides is 2. The molecular formula is C20H24N4O4. The molecule has 2 bridgehead atoms. The van der Waals surface area contributed by atoms with Crippen LogP contribution in [0.2, 0.25) is 0 Å². The summed E-state index contributed by atoms with van der Waals surface area (Å²) in [6.07, 6.45) is 0.792.